The van der Waals surface area contributed by atoms with Gasteiger partial charge in [-0.05, 0) is 43.7 Å². The van der Waals surface area contributed by atoms with E-state index in [0.717, 1.165) is 30.5 Å². The number of allylic oxidation sites excluding steroid dienone is 2. The summed E-state index contributed by atoms with van der Waals surface area (Å²) in [6.07, 6.45) is 11.1. The second-order valence-corrected chi connectivity index (χ2v) is 4.70. The minimum absolute atomic E-state index is 0.327. The van der Waals surface area contributed by atoms with Crippen molar-refractivity contribution < 1.29 is 4.79 Å². The van der Waals surface area contributed by atoms with Crippen molar-refractivity contribution in [1.29, 1.82) is 0 Å². The van der Waals surface area contributed by atoms with Gasteiger partial charge in [0.05, 0.1) is 0 Å². The molecule has 0 saturated heterocycles. The average Bonchev–Trinajstić information content (AvgIpc) is 2.58. The third kappa shape index (κ3) is 3.29. The Hall–Kier alpha value is -1.38. The predicted molar refractivity (Wildman–Crippen MR) is 67.7 cm³/mol. The number of carbonyl (C=O) groups is 1. The summed E-state index contributed by atoms with van der Waals surface area (Å²) in [6, 6.07) is 1.98. The van der Waals surface area contributed by atoms with Gasteiger partial charge in [-0.1, -0.05) is 12.5 Å². The van der Waals surface area contributed by atoms with Crippen LogP contribution in [0.25, 0.3) is 0 Å². The molecule has 1 heterocycles. The highest BCUT2D eigenvalue weighted by Gasteiger charge is 2.12. The normalized spacial score (nSPS) is 16.4. The number of Topliss-reactive ketones (excluding diaryl/α,β-unsaturated/α-hetero) is 1. The van der Waals surface area contributed by atoms with Gasteiger partial charge in [-0.2, -0.15) is 5.10 Å². The van der Waals surface area contributed by atoms with Crippen LogP contribution >= 0.6 is 0 Å². The number of hydrogen-bond donors (Lipinski definition) is 0. The van der Waals surface area contributed by atoms with Gasteiger partial charge in [0.1, 0.15) is 0 Å². The molecular formula is C14H20N2O. The molecule has 3 nitrogen and oxygen atoms in total. The summed E-state index contributed by atoms with van der Waals surface area (Å²) in [5, 5.41) is 4.11. The SMILES string of the molecule is Cn1nccc1CCC(=O)C1=CCCCCC1. The molecule has 17 heavy (non-hydrogen) atoms. The fourth-order valence-corrected chi connectivity index (χ4v) is 2.32. The van der Waals surface area contributed by atoms with Gasteiger partial charge in [0, 0.05) is 25.4 Å². The molecule has 2 rings (SSSR count). The third-order valence-corrected chi connectivity index (χ3v) is 3.43. The van der Waals surface area contributed by atoms with Crippen LogP contribution in [0.5, 0.6) is 0 Å². The molecule has 0 unspecified atom stereocenters. The highest BCUT2D eigenvalue weighted by Crippen LogP contribution is 2.19. The Morgan fingerprint density at radius 2 is 2.29 bits per heavy atom. The van der Waals surface area contributed by atoms with Gasteiger partial charge in [0.2, 0.25) is 0 Å². The molecule has 92 valence electrons. The Morgan fingerprint density at radius 1 is 1.41 bits per heavy atom. The molecule has 1 aliphatic rings. The summed E-state index contributed by atoms with van der Waals surface area (Å²) in [5.74, 6) is 0.327. The summed E-state index contributed by atoms with van der Waals surface area (Å²) in [6.45, 7) is 0. The number of carbonyl (C=O) groups excluding carboxylic acids is 1. The molecule has 0 saturated carbocycles. The highest BCUT2D eigenvalue weighted by atomic mass is 16.1. The van der Waals surface area contributed by atoms with Gasteiger partial charge in [0.15, 0.2) is 5.78 Å². The van der Waals surface area contributed by atoms with Gasteiger partial charge in [-0.15, -0.1) is 0 Å². The maximum absolute atomic E-state index is 12.1. The van der Waals surface area contributed by atoms with Crippen molar-refractivity contribution in [2.45, 2.75) is 44.9 Å². The number of hydrogen-bond acceptors (Lipinski definition) is 2. The van der Waals surface area contributed by atoms with Gasteiger partial charge >= 0.3 is 0 Å². The summed E-state index contributed by atoms with van der Waals surface area (Å²) in [7, 11) is 1.92. The third-order valence-electron chi connectivity index (χ3n) is 3.43. The molecular weight excluding hydrogens is 212 g/mol. The van der Waals surface area contributed by atoms with E-state index in [1.807, 2.05) is 17.8 Å². The molecule has 0 spiro atoms. The van der Waals surface area contributed by atoms with Crippen LogP contribution in [0.4, 0.5) is 0 Å². The van der Waals surface area contributed by atoms with Gasteiger partial charge in [0.25, 0.3) is 0 Å². The Kier molecular flexibility index (Phi) is 4.13. The van der Waals surface area contributed by atoms with E-state index in [4.69, 9.17) is 0 Å². The lowest BCUT2D eigenvalue weighted by atomic mass is 10.0. The van der Waals surface area contributed by atoms with E-state index in [0.29, 0.717) is 12.2 Å². The molecule has 0 radical (unpaired) electrons. The molecule has 1 aromatic rings. The zero-order chi connectivity index (χ0) is 12.1. The van der Waals surface area contributed by atoms with E-state index in [2.05, 4.69) is 11.2 Å². The first-order chi connectivity index (χ1) is 8.27. The summed E-state index contributed by atoms with van der Waals surface area (Å²) in [5.41, 5.74) is 2.19. The second kappa shape index (κ2) is 5.80. The molecule has 0 N–H and O–H groups in total. The van der Waals surface area contributed by atoms with Crippen molar-refractivity contribution in [3.05, 3.63) is 29.6 Å². The van der Waals surface area contributed by atoms with Crippen LogP contribution in [0.1, 0.15) is 44.2 Å². The molecule has 0 atom stereocenters. The van der Waals surface area contributed by atoms with Crippen LogP contribution in [0.15, 0.2) is 23.9 Å². The minimum atomic E-state index is 0.327. The average molecular weight is 232 g/mol. The van der Waals surface area contributed by atoms with E-state index in [1.165, 1.54) is 19.3 Å². The molecule has 0 bridgehead atoms. The van der Waals surface area contributed by atoms with Crippen LogP contribution < -0.4 is 0 Å². The Bertz CT molecular complexity index is 418. The zero-order valence-electron chi connectivity index (χ0n) is 10.5. The van der Waals surface area contributed by atoms with E-state index in [1.54, 1.807) is 6.20 Å². The number of aryl methyl sites for hydroxylation is 2. The number of rotatable bonds is 4. The van der Waals surface area contributed by atoms with Crippen molar-refractivity contribution >= 4 is 5.78 Å². The maximum atomic E-state index is 12.1. The quantitative estimate of drug-likeness (QED) is 0.800. The second-order valence-electron chi connectivity index (χ2n) is 4.70. The molecule has 1 aliphatic carbocycles. The van der Waals surface area contributed by atoms with Crippen molar-refractivity contribution in [1.82, 2.24) is 9.78 Å². The lowest BCUT2D eigenvalue weighted by Crippen LogP contribution is -2.06. The fraction of sp³-hybridized carbons (Fsp3) is 0.571. The smallest absolute Gasteiger partial charge is 0.158 e. The topological polar surface area (TPSA) is 34.9 Å². The lowest BCUT2D eigenvalue weighted by molar-refractivity contribution is -0.115. The van der Waals surface area contributed by atoms with Crippen LogP contribution in [0.3, 0.4) is 0 Å². The molecule has 0 aliphatic heterocycles. The number of ketones is 1. The standard InChI is InChI=1S/C14H20N2O/c1-16-13(10-11-15-16)8-9-14(17)12-6-4-2-3-5-7-12/h6,10-11H,2-5,7-9H2,1H3. The lowest BCUT2D eigenvalue weighted by Gasteiger charge is -2.05. The Labute approximate surface area is 103 Å². The van der Waals surface area contributed by atoms with E-state index < -0.39 is 0 Å². The van der Waals surface area contributed by atoms with Gasteiger partial charge < -0.3 is 0 Å². The Morgan fingerprint density at radius 3 is 3.06 bits per heavy atom. The first kappa shape index (κ1) is 12.1. The van der Waals surface area contributed by atoms with Crippen molar-refractivity contribution in [2.24, 2.45) is 7.05 Å². The monoisotopic (exact) mass is 232 g/mol. The molecule has 1 aromatic heterocycles. The van der Waals surface area contributed by atoms with Gasteiger partial charge in [-0.25, -0.2) is 0 Å². The number of nitrogens with zero attached hydrogens (tertiary/aromatic N) is 2. The zero-order valence-corrected chi connectivity index (χ0v) is 10.5. The summed E-state index contributed by atoms with van der Waals surface area (Å²) < 4.78 is 1.84. The molecule has 0 aromatic carbocycles. The summed E-state index contributed by atoms with van der Waals surface area (Å²) >= 11 is 0. The van der Waals surface area contributed by atoms with Crippen molar-refractivity contribution in [3.8, 4) is 0 Å². The minimum Gasteiger partial charge on any atom is -0.295 e. The van der Waals surface area contributed by atoms with Crippen LogP contribution in [0, 0.1) is 0 Å². The predicted octanol–water partition coefficient (Wildman–Crippen LogP) is 2.81. The van der Waals surface area contributed by atoms with Crippen molar-refractivity contribution in [2.75, 3.05) is 0 Å². The van der Waals surface area contributed by atoms with Crippen LogP contribution in [-0.2, 0) is 18.3 Å². The van der Waals surface area contributed by atoms with Crippen LogP contribution in [-0.4, -0.2) is 15.6 Å². The summed E-state index contributed by atoms with van der Waals surface area (Å²) in [4.78, 5) is 12.1. The van der Waals surface area contributed by atoms with Gasteiger partial charge in [-0.3, -0.25) is 9.48 Å². The first-order valence-corrected chi connectivity index (χ1v) is 6.46. The fourth-order valence-electron chi connectivity index (χ4n) is 2.32. The largest absolute Gasteiger partial charge is 0.295 e. The first-order valence-electron chi connectivity index (χ1n) is 6.46. The highest BCUT2D eigenvalue weighted by molar-refractivity contribution is 5.95. The van der Waals surface area contributed by atoms with E-state index >= 15 is 0 Å². The maximum Gasteiger partial charge on any atom is 0.158 e. The van der Waals surface area contributed by atoms with Crippen LogP contribution in [0.2, 0.25) is 0 Å². The number of aromatic nitrogens is 2. The molecule has 0 amide bonds. The molecule has 3 heteroatoms. The van der Waals surface area contributed by atoms with E-state index in [-0.39, 0.29) is 0 Å². The molecule has 0 fully saturated rings. The van der Waals surface area contributed by atoms with Crippen molar-refractivity contribution in [3.63, 3.8) is 0 Å². The van der Waals surface area contributed by atoms with E-state index in [9.17, 15) is 4.79 Å². The Balaban J connectivity index is 1.88.